The number of nitrogens with one attached hydrogen (secondary N) is 1. The molecule has 3 heterocycles. The van der Waals surface area contributed by atoms with Crippen LogP contribution in [0, 0.1) is 23.4 Å². The Morgan fingerprint density at radius 2 is 1.84 bits per heavy atom. The smallest absolute Gasteiger partial charge is 0.274 e. The minimum absolute atomic E-state index is 0.0369. The molecule has 2 fully saturated rings. The zero-order valence-corrected chi connectivity index (χ0v) is 20.5. The van der Waals surface area contributed by atoms with Crippen LogP contribution < -0.4 is 11.1 Å². The van der Waals surface area contributed by atoms with Crippen LogP contribution in [0.2, 0.25) is 0 Å². The van der Waals surface area contributed by atoms with Crippen LogP contribution in [0.4, 0.5) is 18.9 Å². The SMILES string of the molecule is C[C@H]1C[C@@H](c2ccncc2NC(=O)c2ccc(F)c(-c3c(F)cc(C4(O)COC4)cc3F)n2)C[C@@H](N)[C@@H]1O. The molecular formula is C27H27F3N4O4. The summed E-state index contributed by atoms with van der Waals surface area (Å²) in [6, 6.07) is 5.17. The van der Waals surface area contributed by atoms with Crippen molar-refractivity contribution in [2.24, 2.45) is 11.7 Å². The number of carbonyl (C=O) groups excluding carboxylic acids is 1. The average molecular weight is 529 g/mol. The van der Waals surface area contributed by atoms with Gasteiger partial charge in [0.15, 0.2) is 0 Å². The zero-order chi connectivity index (χ0) is 27.2. The summed E-state index contributed by atoms with van der Waals surface area (Å²) in [7, 11) is 0. The van der Waals surface area contributed by atoms with E-state index in [9.17, 15) is 28.2 Å². The predicted molar refractivity (Wildman–Crippen MR) is 132 cm³/mol. The van der Waals surface area contributed by atoms with Gasteiger partial charge in [-0.25, -0.2) is 18.2 Å². The summed E-state index contributed by atoms with van der Waals surface area (Å²) in [6.07, 6.45) is 3.59. The third-order valence-corrected chi connectivity index (χ3v) is 7.35. The molecule has 1 saturated heterocycles. The molecule has 2 aromatic heterocycles. The summed E-state index contributed by atoms with van der Waals surface area (Å²) >= 11 is 0. The fourth-order valence-corrected chi connectivity index (χ4v) is 5.15. The van der Waals surface area contributed by atoms with Crippen molar-refractivity contribution in [3.05, 3.63) is 77.0 Å². The summed E-state index contributed by atoms with van der Waals surface area (Å²) in [6.45, 7) is 1.68. The van der Waals surface area contributed by atoms with Gasteiger partial charge in [-0.05, 0) is 66.1 Å². The van der Waals surface area contributed by atoms with Crippen molar-refractivity contribution >= 4 is 11.6 Å². The maximum Gasteiger partial charge on any atom is 0.274 e. The fourth-order valence-electron chi connectivity index (χ4n) is 5.15. The second kappa shape index (κ2) is 10.1. The lowest BCUT2D eigenvalue weighted by Gasteiger charge is -2.36. The molecule has 4 atom stereocenters. The van der Waals surface area contributed by atoms with Gasteiger partial charge in [0.1, 0.15) is 34.4 Å². The highest BCUT2D eigenvalue weighted by molar-refractivity contribution is 6.03. The predicted octanol–water partition coefficient (Wildman–Crippen LogP) is 3.23. The number of hydrogen-bond donors (Lipinski definition) is 4. The molecule has 0 unspecified atom stereocenters. The molecule has 3 aromatic rings. The number of nitrogens with two attached hydrogens (primary N) is 1. The minimum atomic E-state index is -1.52. The van der Waals surface area contributed by atoms with Crippen molar-refractivity contribution in [1.82, 2.24) is 9.97 Å². The van der Waals surface area contributed by atoms with Crippen molar-refractivity contribution in [3.8, 4) is 11.3 Å². The van der Waals surface area contributed by atoms with E-state index in [0.717, 1.165) is 29.8 Å². The molecule has 5 N–H and O–H groups in total. The molecule has 1 aromatic carbocycles. The number of rotatable bonds is 5. The molecule has 0 bridgehead atoms. The Hall–Kier alpha value is -3.38. The first-order valence-electron chi connectivity index (χ1n) is 12.2. The van der Waals surface area contributed by atoms with E-state index < -0.39 is 52.4 Å². The van der Waals surface area contributed by atoms with Crippen LogP contribution in [0.5, 0.6) is 0 Å². The number of carbonyl (C=O) groups is 1. The van der Waals surface area contributed by atoms with Crippen LogP contribution in [0.3, 0.4) is 0 Å². The van der Waals surface area contributed by atoms with E-state index in [1.54, 1.807) is 12.3 Å². The number of pyridine rings is 2. The van der Waals surface area contributed by atoms with Gasteiger partial charge < -0.3 is 26.0 Å². The first-order chi connectivity index (χ1) is 18.1. The molecule has 1 saturated carbocycles. The third-order valence-electron chi connectivity index (χ3n) is 7.35. The van der Waals surface area contributed by atoms with Gasteiger partial charge >= 0.3 is 0 Å². The Morgan fingerprint density at radius 1 is 1.13 bits per heavy atom. The highest BCUT2D eigenvalue weighted by atomic mass is 19.1. The number of halogens is 3. The maximum atomic E-state index is 15.0. The van der Waals surface area contributed by atoms with Gasteiger partial charge in [-0.3, -0.25) is 9.78 Å². The summed E-state index contributed by atoms with van der Waals surface area (Å²) in [5.74, 6) is -4.12. The fraction of sp³-hybridized carbons (Fsp3) is 0.370. The summed E-state index contributed by atoms with van der Waals surface area (Å²) < 4.78 is 49.5. The number of nitrogens with zero attached hydrogens (tertiary/aromatic N) is 2. The van der Waals surface area contributed by atoms with Gasteiger partial charge in [0.25, 0.3) is 5.91 Å². The average Bonchev–Trinajstić information content (AvgIpc) is 2.86. The molecular weight excluding hydrogens is 501 g/mol. The molecule has 1 amide bonds. The summed E-state index contributed by atoms with van der Waals surface area (Å²) in [5, 5.41) is 23.3. The molecule has 5 rings (SSSR count). The lowest BCUT2D eigenvalue weighted by Crippen LogP contribution is -2.46. The van der Waals surface area contributed by atoms with Crippen molar-refractivity contribution in [1.29, 1.82) is 0 Å². The number of anilines is 1. The molecule has 11 heteroatoms. The van der Waals surface area contributed by atoms with Crippen LogP contribution in [-0.4, -0.2) is 51.4 Å². The lowest BCUT2D eigenvalue weighted by molar-refractivity contribution is -0.184. The van der Waals surface area contributed by atoms with Gasteiger partial charge in [0.2, 0.25) is 0 Å². The van der Waals surface area contributed by atoms with Crippen LogP contribution in [0.15, 0.2) is 42.7 Å². The second-order valence-corrected chi connectivity index (χ2v) is 10.1. The van der Waals surface area contributed by atoms with E-state index in [1.165, 1.54) is 6.20 Å². The summed E-state index contributed by atoms with van der Waals surface area (Å²) in [5.41, 5.74) is 4.02. The minimum Gasteiger partial charge on any atom is -0.391 e. The Bertz CT molecular complexity index is 1350. The molecule has 0 spiro atoms. The van der Waals surface area contributed by atoms with Gasteiger partial charge in [-0.1, -0.05) is 6.92 Å². The van der Waals surface area contributed by atoms with Crippen molar-refractivity contribution in [2.45, 2.75) is 43.4 Å². The lowest BCUT2D eigenvalue weighted by atomic mass is 9.74. The number of amides is 1. The molecule has 200 valence electrons. The maximum absolute atomic E-state index is 15.0. The number of aliphatic hydroxyl groups excluding tert-OH is 1. The third kappa shape index (κ3) is 4.78. The highest BCUT2D eigenvalue weighted by Crippen LogP contribution is 2.39. The Balaban J connectivity index is 1.43. The normalized spacial score (nSPS) is 24.5. The van der Waals surface area contributed by atoms with Crippen LogP contribution in [-0.2, 0) is 10.3 Å². The molecule has 1 aliphatic heterocycles. The van der Waals surface area contributed by atoms with E-state index in [-0.39, 0.29) is 36.3 Å². The zero-order valence-electron chi connectivity index (χ0n) is 20.5. The Labute approximate surface area is 216 Å². The van der Waals surface area contributed by atoms with E-state index in [4.69, 9.17) is 10.5 Å². The molecule has 0 radical (unpaired) electrons. The van der Waals surface area contributed by atoms with Crippen molar-refractivity contribution in [3.63, 3.8) is 0 Å². The largest absolute Gasteiger partial charge is 0.391 e. The van der Waals surface area contributed by atoms with Gasteiger partial charge in [-0.2, -0.15) is 0 Å². The molecule has 38 heavy (non-hydrogen) atoms. The second-order valence-electron chi connectivity index (χ2n) is 10.1. The standard InChI is InChI=1S/C27H27F3N4O4/c1-13-6-14(7-20(31)25(13)35)16-4-5-32-10-22(16)34-26(36)21-3-2-17(28)24(33-21)23-18(29)8-15(9-19(23)30)27(37)11-38-12-27/h2-5,8-10,13-14,20,25,35,37H,6-7,11-12,31H2,1H3,(H,34,36)/t13-,14+,20+,25+/m0/s1. The number of benzene rings is 1. The summed E-state index contributed by atoms with van der Waals surface area (Å²) in [4.78, 5) is 21.1. The van der Waals surface area contributed by atoms with Crippen LogP contribution in [0.1, 0.15) is 47.3 Å². The quantitative estimate of drug-likeness (QED) is 0.400. The number of aromatic nitrogens is 2. The highest BCUT2D eigenvalue weighted by Gasteiger charge is 2.39. The van der Waals surface area contributed by atoms with E-state index in [2.05, 4.69) is 15.3 Å². The van der Waals surface area contributed by atoms with Crippen LogP contribution >= 0.6 is 0 Å². The molecule has 1 aliphatic carbocycles. The van der Waals surface area contributed by atoms with Crippen molar-refractivity contribution in [2.75, 3.05) is 18.5 Å². The first-order valence-corrected chi connectivity index (χ1v) is 12.2. The Kier molecular flexibility index (Phi) is 6.95. The number of hydrogen-bond acceptors (Lipinski definition) is 7. The van der Waals surface area contributed by atoms with Gasteiger partial charge in [0.05, 0.1) is 36.8 Å². The topological polar surface area (TPSA) is 131 Å². The van der Waals surface area contributed by atoms with Gasteiger partial charge in [-0.15, -0.1) is 0 Å². The van der Waals surface area contributed by atoms with E-state index >= 15 is 0 Å². The number of ether oxygens (including phenoxy) is 1. The monoisotopic (exact) mass is 528 g/mol. The molecule has 8 nitrogen and oxygen atoms in total. The number of aliphatic hydroxyl groups is 2. The first kappa shape index (κ1) is 26.2. The van der Waals surface area contributed by atoms with Crippen molar-refractivity contribution < 1.29 is 32.9 Å². The van der Waals surface area contributed by atoms with E-state index in [1.807, 2.05) is 6.92 Å². The molecule has 2 aliphatic rings. The Morgan fingerprint density at radius 3 is 2.47 bits per heavy atom. The van der Waals surface area contributed by atoms with Gasteiger partial charge in [0, 0.05) is 12.2 Å². The van der Waals surface area contributed by atoms with Crippen LogP contribution in [0.25, 0.3) is 11.3 Å². The van der Waals surface area contributed by atoms with E-state index in [0.29, 0.717) is 18.5 Å².